The van der Waals surface area contributed by atoms with Crippen molar-refractivity contribution in [3.05, 3.63) is 73.3 Å². The second-order valence-corrected chi connectivity index (χ2v) is 10.1. The van der Waals surface area contributed by atoms with E-state index in [-0.39, 0.29) is 0 Å². The molecule has 0 aliphatic carbocycles. The number of hydrogen-bond acceptors (Lipinski definition) is 2. The molecule has 2 rings (SSSR count). The van der Waals surface area contributed by atoms with Crippen LogP contribution in [0.5, 0.6) is 0 Å². The number of aliphatic hydroxyl groups excluding tert-OH is 1. The van der Waals surface area contributed by atoms with Crippen LogP contribution < -0.4 is 10.6 Å². The molecule has 0 bridgehead atoms. The summed E-state index contributed by atoms with van der Waals surface area (Å²) in [6.45, 7) is 6.15. The Kier molecular flexibility index (Phi) is 9.04. The van der Waals surface area contributed by atoms with Crippen LogP contribution in [0.1, 0.15) is 51.9 Å². The van der Waals surface area contributed by atoms with E-state index in [4.69, 9.17) is 0 Å². The highest BCUT2D eigenvalue weighted by Crippen LogP contribution is 2.51. The van der Waals surface area contributed by atoms with Gasteiger partial charge in [0, 0.05) is 10.6 Å². The fraction of sp³-hybridized carbons (Fsp3) is 0.417. The largest absolute Gasteiger partial charge is 0.392 e. The third-order valence-electron chi connectivity index (χ3n) is 5.19. The quantitative estimate of drug-likeness (QED) is 0.291. The zero-order chi connectivity index (χ0) is 19.5. The van der Waals surface area contributed by atoms with E-state index in [1.807, 2.05) is 60.7 Å². The molecular weight excluding hydrogens is 351 g/mol. The predicted molar refractivity (Wildman–Crippen MR) is 118 cm³/mol. The third-order valence-corrected chi connectivity index (χ3v) is 8.71. The summed E-state index contributed by atoms with van der Waals surface area (Å²) in [5.41, 5.74) is -0.474. The molecule has 27 heavy (non-hydrogen) atoms. The van der Waals surface area contributed by atoms with Gasteiger partial charge in [-0.2, -0.15) is 0 Å². The molecule has 3 heteroatoms. The van der Waals surface area contributed by atoms with E-state index < -0.39 is 18.9 Å². The zero-order valence-electron chi connectivity index (χ0n) is 16.5. The molecule has 0 aliphatic heterocycles. The van der Waals surface area contributed by atoms with Crippen molar-refractivity contribution in [3.8, 4) is 0 Å². The topological polar surface area (TPSA) is 37.3 Å². The van der Waals surface area contributed by atoms with E-state index in [2.05, 4.69) is 13.5 Å². The fourth-order valence-electron chi connectivity index (χ4n) is 3.64. The molecule has 2 aromatic carbocycles. The van der Waals surface area contributed by atoms with E-state index in [1.165, 1.54) is 25.7 Å². The van der Waals surface area contributed by atoms with Gasteiger partial charge < -0.3 is 9.67 Å². The van der Waals surface area contributed by atoms with Crippen LogP contribution in [0.25, 0.3) is 0 Å². The summed E-state index contributed by atoms with van der Waals surface area (Å²) in [5, 5.41) is 12.5. The maximum absolute atomic E-state index is 14.3. The molecular formula is C24H33O2P. The third kappa shape index (κ3) is 5.67. The summed E-state index contributed by atoms with van der Waals surface area (Å²) in [6, 6.07) is 19.1. The SMILES string of the molecule is C=CC(C(O)CCCCCCCC)P(=O)(c1ccccc1)c1ccccc1. The van der Waals surface area contributed by atoms with Crippen molar-refractivity contribution in [3.63, 3.8) is 0 Å². The molecule has 0 aromatic heterocycles. The zero-order valence-corrected chi connectivity index (χ0v) is 17.4. The highest BCUT2D eigenvalue weighted by atomic mass is 31.2. The van der Waals surface area contributed by atoms with E-state index >= 15 is 0 Å². The Labute approximate surface area is 164 Å². The van der Waals surface area contributed by atoms with Crippen LogP contribution in [0.2, 0.25) is 0 Å². The number of hydrogen-bond donors (Lipinski definition) is 1. The average molecular weight is 384 g/mol. The smallest absolute Gasteiger partial charge is 0.152 e. The molecule has 2 nitrogen and oxygen atoms in total. The average Bonchev–Trinajstić information content (AvgIpc) is 2.72. The van der Waals surface area contributed by atoms with Crippen molar-refractivity contribution in [2.75, 3.05) is 0 Å². The minimum Gasteiger partial charge on any atom is -0.392 e. The number of benzene rings is 2. The summed E-state index contributed by atoms with van der Waals surface area (Å²) in [5.74, 6) is 0. The van der Waals surface area contributed by atoms with Gasteiger partial charge in [0.1, 0.15) is 0 Å². The summed E-state index contributed by atoms with van der Waals surface area (Å²) < 4.78 is 14.3. The van der Waals surface area contributed by atoms with Gasteiger partial charge in [0.2, 0.25) is 0 Å². The van der Waals surface area contributed by atoms with Gasteiger partial charge >= 0.3 is 0 Å². The Balaban J connectivity index is 2.20. The van der Waals surface area contributed by atoms with Crippen molar-refractivity contribution < 1.29 is 9.67 Å². The highest BCUT2D eigenvalue weighted by Gasteiger charge is 2.38. The first-order chi connectivity index (χ1) is 13.1. The van der Waals surface area contributed by atoms with Crippen molar-refractivity contribution in [2.24, 2.45) is 0 Å². The lowest BCUT2D eigenvalue weighted by molar-refractivity contribution is 0.166. The first-order valence-electron chi connectivity index (χ1n) is 10.2. The highest BCUT2D eigenvalue weighted by molar-refractivity contribution is 7.79. The van der Waals surface area contributed by atoms with Crippen LogP contribution in [-0.4, -0.2) is 16.9 Å². The second-order valence-electron chi connectivity index (χ2n) is 7.18. The summed E-state index contributed by atoms with van der Waals surface area (Å²) in [7, 11) is -3.02. The lowest BCUT2D eigenvalue weighted by Gasteiger charge is -2.30. The number of unbranched alkanes of at least 4 members (excludes halogenated alkanes) is 5. The van der Waals surface area contributed by atoms with Gasteiger partial charge in [-0.1, -0.05) is 112 Å². The Morgan fingerprint density at radius 3 is 1.85 bits per heavy atom. The number of aliphatic hydroxyl groups is 1. The van der Waals surface area contributed by atoms with E-state index in [9.17, 15) is 9.67 Å². The van der Waals surface area contributed by atoms with Crippen LogP contribution in [0.3, 0.4) is 0 Å². The predicted octanol–water partition coefficient (Wildman–Crippen LogP) is 5.67. The van der Waals surface area contributed by atoms with Gasteiger partial charge in [0.15, 0.2) is 7.14 Å². The molecule has 2 aromatic rings. The summed E-state index contributed by atoms with van der Waals surface area (Å²) in [4.78, 5) is 0. The molecule has 0 radical (unpaired) electrons. The normalized spacial score (nSPS) is 13.9. The molecule has 2 atom stereocenters. The van der Waals surface area contributed by atoms with E-state index in [0.29, 0.717) is 6.42 Å². The molecule has 0 aliphatic rings. The number of rotatable bonds is 12. The van der Waals surface area contributed by atoms with Gasteiger partial charge in [-0.15, -0.1) is 6.58 Å². The van der Waals surface area contributed by atoms with Crippen LogP contribution >= 0.6 is 7.14 Å². The molecule has 2 unspecified atom stereocenters. The first kappa shape index (κ1) is 21.7. The second kappa shape index (κ2) is 11.3. The van der Waals surface area contributed by atoms with Crippen LogP contribution in [0.4, 0.5) is 0 Å². The maximum Gasteiger partial charge on any atom is 0.152 e. The van der Waals surface area contributed by atoms with Crippen molar-refractivity contribution in [1.82, 2.24) is 0 Å². The lowest BCUT2D eigenvalue weighted by atomic mass is 10.1. The van der Waals surface area contributed by atoms with Gasteiger partial charge in [0.25, 0.3) is 0 Å². The molecule has 146 valence electrons. The Morgan fingerprint density at radius 2 is 1.37 bits per heavy atom. The molecule has 0 heterocycles. The maximum atomic E-state index is 14.3. The van der Waals surface area contributed by atoms with Crippen molar-refractivity contribution in [2.45, 2.75) is 63.6 Å². The molecule has 0 amide bonds. The van der Waals surface area contributed by atoms with Crippen LogP contribution in [-0.2, 0) is 4.57 Å². The Hall–Kier alpha value is -1.63. The van der Waals surface area contributed by atoms with Crippen LogP contribution in [0.15, 0.2) is 73.3 Å². The minimum absolute atomic E-state index is 0.474. The molecule has 0 fully saturated rings. The van der Waals surface area contributed by atoms with Gasteiger partial charge in [-0.25, -0.2) is 0 Å². The lowest BCUT2D eigenvalue weighted by Crippen LogP contribution is -2.33. The minimum atomic E-state index is -3.02. The van der Waals surface area contributed by atoms with Gasteiger partial charge in [-0.3, -0.25) is 0 Å². The van der Waals surface area contributed by atoms with E-state index in [1.54, 1.807) is 6.08 Å². The standard InChI is InChI=1S/C24H33O2P/c1-3-5-6-7-8-15-20-23(25)24(4-2)27(26,21-16-11-9-12-17-21)22-18-13-10-14-19-22/h4,9-14,16-19,23-25H,2-3,5-8,15,20H2,1H3. The van der Waals surface area contributed by atoms with Crippen LogP contribution in [0, 0.1) is 0 Å². The van der Waals surface area contributed by atoms with Gasteiger partial charge in [0.05, 0.1) is 11.8 Å². The van der Waals surface area contributed by atoms with Crippen molar-refractivity contribution in [1.29, 1.82) is 0 Å². The molecule has 0 saturated heterocycles. The molecule has 0 saturated carbocycles. The summed E-state index contributed by atoms with van der Waals surface area (Å²) >= 11 is 0. The monoisotopic (exact) mass is 384 g/mol. The van der Waals surface area contributed by atoms with E-state index in [0.717, 1.165) is 23.5 Å². The Bertz CT molecular complexity index is 668. The fourth-order valence-corrected chi connectivity index (χ4v) is 6.79. The first-order valence-corrected chi connectivity index (χ1v) is 11.9. The molecule has 0 spiro atoms. The summed E-state index contributed by atoms with van der Waals surface area (Å²) in [6.07, 6.45) is 8.74. The molecule has 1 N–H and O–H groups in total. The Morgan fingerprint density at radius 1 is 0.889 bits per heavy atom. The van der Waals surface area contributed by atoms with Gasteiger partial charge in [-0.05, 0) is 6.42 Å². The van der Waals surface area contributed by atoms with Crippen molar-refractivity contribution >= 4 is 17.8 Å².